The number of methoxy groups -OCH3 is 1. The minimum atomic E-state index is -4.25. The monoisotopic (exact) mass is 435 g/mol. The van der Waals surface area contributed by atoms with Gasteiger partial charge in [-0.15, -0.1) is 0 Å². The molecule has 0 aliphatic carbocycles. The number of Topliss-reactive ketones (excluding diaryl/α,β-unsaturated/α-hetero) is 1. The number of amides is 1. The summed E-state index contributed by atoms with van der Waals surface area (Å²) in [5.41, 5.74) is 0.520. The number of ketones is 1. The third kappa shape index (κ3) is 4.44. The highest BCUT2D eigenvalue weighted by molar-refractivity contribution is 7.89. The molecule has 3 rings (SSSR count). The van der Waals surface area contributed by atoms with Gasteiger partial charge in [0.15, 0.2) is 5.78 Å². The number of phenolic OH excluding ortho intramolecular Hbond substituents is 1. The number of phenols is 1. The second-order valence-electron chi connectivity index (χ2n) is 6.41. The van der Waals surface area contributed by atoms with Crippen molar-refractivity contribution in [2.24, 2.45) is 0 Å². The third-order valence-electron chi connectivity index (χ3n) is 4.44. The van der Waals surface area contributed by atoms with Gasteiger partial charge in [0.1, 0.15) is 11.5 Å². The number of carbonyl (C=O) groups excluding carboxylic acids is 2. The molecule has 9 heteroatoms. The smallest absolute Gasteiger partial charge is 0.267 e. The zero-order chi connectivity index (χ0) is 21.2. The first kappa shape index (κ1) is 20.9. The summed E-state index contributed by atoms with van der Waals surface area (Å²) in [6.07, 6.45) is 1.53. The van der Waals surface area contributed by atoms with Gasteiger partial charge in [-0.25, -0.2) is 12.7 Å². The van der Waals surface area contributed by atoms with E-state index < -0.39 is 22.5 Å². The normalized spacial score (nSPS) is 16.8. The molecular formula is C20H18ClNO6S. The number of hydrogen-bond donors (Lipinski definition) is 1. The molecule has 0 saturated carbocycles. The van der Waals surface area contributed by atoms with Crippen LogP contribution in [-0.2, 0) is 19.6 Å². The highest BCUT2D eigenvalue weighted by Crippen LogP contribution is 2.29. The van der Waals surface area contributed by atoms with Gasteiger partial charge >= 0.3 is 0 Å². The molecule has 0 radical (unpaired) electrons. The largest absolute Gasteiger partial charge is 0.508 e. The minimum Gasteiger partial charge on any atom is -0.508 e. The van der Waals surface area contributed by atoms with Gasteiger partial charge in [0.25, 0.3) is 15.9 Å². The molecule has 29 heavy (non-hydrogen) atoms. The van der Waals surface area contributed by atoms with Gasteiger partial charge in [-0.2, -0.15) is 0 Å². The maximum absolute atomic E-state index is 13.1. The van der Waals surface area contributed by atoms with Crippen molar-refractivity contribution in [2.75, 3.05) is 13.7 Å². The molecule has 1 aliphatic heterocycles. The fourth-order valence-corrected chi connectivity index (χ4v) is 4.45. The number of hydrogen-bond acceptors (Lipinski definition) is 6. The molecule has 1 aliphatic rings. The summed E-state index contributed by atoms with van der Waals surface area (Å²) in [4.78, 5) is 25.1. The number of halogens is 1. The van der Waals surface area contributed by atoms with Crippen LogP contribution in [0.15, 0.2) is 52.9 Å². The van der Waals surface area contributed by atoms with Crippen LogP contribution in [0.3, 0.4) is 0 Å². The first-order valence-electron chi connectivity index (χ1n) is 8.64. The Bertz CT molecular complexity index is 1090. The van der Waals surface area contributed by atoms with Crippen molar-refractivity contribution in [3.63, 3.8) is 0 Å². The van der Waals surface area contributed by atoms with Crippen molar-refractivity contribution in [1.29, 1.82) is 0 Å². The summed E-state index contributed by atoms with van der Waals surface area (Å²) >= 11 is 5.81. The molecule has 1 saturated heterocycles. The predicted octanol–water partition coefficient (Wildman–Crippen LogP) is 3.02. The van der Waals surface area contributed by atoms with Gasteiger partial charge in [0.05, 0.1) is 18.6 Å². The van der Waals surface area contributed by atoms with E-state index in [9.17, 15) is 23.1 Å². The molecule has 2 aromatic carbocycles. The molecule has 2 aromatic rings. The molecule has 1 fully saturated rings. The van der Waals surface area contributed by atoms with Crippen LogP contribution in [0, 0.1) is 0 Å². The highest BCUT2D eigenvalue weighted by Gasteiger charge is 2.35. The van der Waals surface area contributed by atoms with Gasteiger partial charge in [-0.05, 0) is 55.0 Å². The summed E-state index contributed by atoms with van der Waals surface area (Å²) in [5.74, 6) is -0.815. The van der Waals surface area contributed by atoms with Gasteiger partial charge < -0.3 is 9.84 Å². The average Bonchev–Trinajstić information content (AvgIpc) is 2.82. The summed E-state index contributed by atoms with van der Waals surface area (Å²) < 4.78 is 31.8. The second kappa shape index (κ2) is 8.26. The topological polar surface area (TPSA) is 101 Å². The van der Waals surface area contributed by atoms with Crippen molar-refractivity contribution in [3.8, 4) is 11.5 Å². The molecular weight excluding hydrogens is 418 g/mol. The summed E-state index contributed by atoms with van der Waals surface area (Å²) in [6, 6.07) is 9.69. The Balaban J connectivity index is 2.06. The fourth-order valence-electron chi connectivity index (χ4n) is 2.94. The molecule has 1 heterocycles. The first-order valence-corrected chi connectivity index (χ1v) is 10.5. The number of nitrogens with zero attached hydrogens (tertiary/aromatic N) is 1. The maximum Gasteiger partial charge on any atom is 0.267 e. The Morgan fingerprint density at radius 3 is 2.45 bits per heavy atom. The van der Waals surface area contributed by atoms with Crippen LogP contribution in [0.25, 0.3) is 6.08 Å². The van der Waals surface area contributed by atoms with E-state index in [2.05, 4.69) is 0 Å². The lowest BCUT2D eigenvalue weighted by Crippen LogP contribution is -2.39. The van der Waals surface area contributed by atoms with Crippen LogP contribution in [0.1, 0.15) is 18.4 Å². The zero-order valence-corrected chi connectivity index (χ0v) is 17.0. The molecule has 0 unspecified atom stereocenters. The summed E-state index contributed by atoms with van der Waals surface area (Å²) in [7, 11) is -2.82. The lowest BCUT2D eigenvalue weighted by Gasteiger charge is -2.20. The molecule has 7 nitrogen and oxygen atoms in total. The number of sulfonamides is 1. The molecule has 1 N–H and O–H groups in total. The van der Waals surface area contributed by atoms with Crippen molar-refractivity contribution in [1.82, 2.24) is 4.31 Å². The molecule has 0 atom stereocenters. The van der Waals surface area contributed by atoms with Gasteiger partial charge in [-0.3, -0.25) is 9.59 Å². The van der Waals surface area contributed by atoms with Crippen LogP contribution in [0.4, 0.5) is 0 Å². The number of aromatic hydroxyl groups is 1. The Morgan fingerprint density at radius 2 is 1.79 bits per heavy atom. The van der Waals surface area contributed by atoms with Crippen LogP contribution >= 0.6 is 11.6 Å². The van der Waals surface area contributed by atoms with Crippen molar-refractivity contribution in [3.05, 3.63) is 58.6 Å². The standard InChI is InChI=1S/C20H18ClNO6S/c1-28-19-9-6-16(23)11-14(19)10-13-2-5-17(24)12-22(20(13)25)29(26,27)18-7-3-15(21)4-8-18/h3-4,6-11,23H,2,5,12H2,1H3/b13-10+. The van der Waals surface area contributed by atoms with Crippen molar-refractivity contribution in [2.45, 2.75) is 17.7 Å². The van der Waals surface area contributed by atoms with Crippen LogP contribution < -0.4 is 4.74 Å². The maximum atomic E-state index is 13.1. The predicted molar refractivity (Wildman–Crippen MR) is 107 cm³/mol. The first-order chi connectivity index (χ1) is 13.7. The van der Waals surface area contributed by atoms with Gasteiger partial charge in [0, 0.05) is 22.6 Å². The second-order valence-corrected chi connectivity index (χ2v) is 8.70. The number of rotatable bonds is 4. The molecule has 152 valence electrons. The molecule has 0 aromatic heterocycles. The SMILES string of the molecule is COc1ccc(O)cc1/C=C1\CCC(=O)CN(S(=O)(=O)c2ccc(Cl)cc2)C1=O. The molecule has 1 amide bonds. The fraction of sp³-hybridized carbons (Fsp3) is 0.200. The summed E-state index contributed by atoms with van der Waals surface area (Å²) in [6.45, 7) is -0.543. The highest BCUT2D eigenvalue weighted by atomic mass is 35.5. The van der Waals surface area contributed by atoms with E-state index >= 15 is 0 Å². The van der Waals surface area contributed by atoms with E-state index in [4.69, 9.17) is 16.3 Å². The minimum absolute atomic E-state index is 0.0192. The van der Waals surface area contributed by atoms with E-state index in [1.165, 1.54) is 55.7 Å². The van der Waals surface area contributed by atoms with Gasteiger partial charge in [0.2, 0.25) is 0 Å². The Hall–Kier alpha value is -2.84. The van der Waals surface area contributed by atoms with Crippen molar-refractivity contribution < 1.29 is 27.9 Å². The zero-order valence-electron chi connectivity index (χ0n) is 15.5. The van der Waals surface area contributed by atoms with Crippen LogP contribution in [0.2, 0.25) is 5.02 Å². The van der Waals surface area contributed by atoms with Gasteiger partial charge in [-0.1, -0.05) is 11.6 Å². The quantitative estimate of drug-likeness (QED) is 0.741. The van der Waals surface area contributed by atoms with Crippen LogP contribution in [-0.4, -0.2) is 43.2 Å². The van der Waals surface area contributed by atoms with E-state index in [1.807, 2.05) is 0 Å². The lowest BCUT2D eigenvalue weighted by atomic mass is 10.0. The number of ether oxygens (including phenoxy) is 1. The van der Waals surface area contributed by atoms with Crippen LogP contribution in [0.5, 0.6) is 11.5 Å². The van der Waals surface area contributed by atoms with E-state index in [0.29, 0.717) is 20.6 Å². The molecule has 0 bridgehead atoms. The lowest BCUT2D eigenvalue weighted by molar-refractivity contribution is -0.126. The van der Waals surface area contributed by atoms with E-state index in [-0.39, 0.29) is 34.8 Å². The van der Waals surface area contributed by atoms with Crippen molar-refractivity contribution >= 4 is 39.4 Å². The number of benzene rings is 2. The van der Waals surface area contributed by atoms with E-state index in [0.717, 1.165) is 0 Å². The average molecular weight is 436 g/mol. The number of carbonyl (C=O) groups is 2. The molecule has 0 spiro atoms. The Kier molecular flexibility index (Phi) is 5.95. The van der Waals surface area contributed by atoms with E-state index in [1.54, 1.807) is 0 Å². The Morgan fingerprint density at radius 1 is 1.10 bits per heavy atom. The Labute approximate surface area is 173 Å². The summed E-state index contributed by atoms with van der Waals surface area (Å²) in [5, 5.41) is 10.1. The third-order valence-corrected chi connectivity index (χ3v) is 6.43.